The first-order valence-corrected chi connectivity index (χ1v) is 14.1. The lowest BCUT2D eigenvalue weighted by Crippen LogP contribution is -2.35. The molecule has 0 saturated carbocycles. The molecule has 218 valence electrons. The van der Waals surface area contributed by atoms with E-state index in [1.54, 1.807) is 30.3 Å². The number of phenols is 2. The average molecular weight is 686 g/mol. The minimum Gasteiger partial charge on any atom is -0.507 e. The summed E-state index contributed by atoms with van der Waals surface area (Å²) in [6.45, 7) is 0. The zero-order valence-electron chi connectivity index (χ0n) is 22.1. The highest BCUT2D eigenvalue weighted by atomic mass is 79.9. The van der Waals surface area contributed by atoms with Crippen LogP contribution >= 0.6 is 39.1 Å². The summed E-state index contributed by atoms with van der Waals surface area (Å²) < 4.78 is 27.9. The topological polar surface area (TPSA) is 90.2 Å². The molecular formula is C32H22BBrCl2F2O5. The standard InChI is InChI=1S/C16H10ClFO.C10H7BrO.C6H5BClFO3/c17-13-7-3-6-12(16(13)18)15-11-5-2-1-4-10(11)8-9-14(15)19;11-10-8-4-2-1-3-7(8)5-6-9(10)12;8-5-3-1-2-4(6(5)9)7(10)12-11/h1-9,19H;1-6,12H;1-3,10-11H. The molecule has 0 heterocycles. The van der Waals surface area contributed by atoms with Crippen LogP contribution in [0.3, 0.4) is 0 Å². The molecule has 0 amide bonds. The van der Waals surface area contributed by atoms with Crippen molar-refractivity contribution < 1.29 is 34.1 Å². The highest BCUT2D eigenvalue weighted by Gasteiger charge is 2.22. The number of halogens is 5. The Balaban J connectivity index is 0.000000155. The summed E-state index contributed by atoms with van der Waals surface area (Å²) in [5.41, 5.74) is 0.574. The first-order valence-electron chi connectivity index (χ1n) is 12.6. The van der Waals surface area contributed by atoms with Crippen molar-refractivity contribution in [3.63, 3.8) is 0 Å². The van der Waals surface area contributed by atoms with Crippen LogP contribution in [0, 0.1) is 11.6 Å². The van der Waals surface area contributed by atoms with E-state index in [1.165, 1.54) is 24.3 Å². The molecule has 43 heavy (non-hydrogen) atoms. The molecule has 0 aromatic heterocycles. The Hall–Kier alpha value is -3.70. The van der Waals surface area contributed by atoms with Crippen molar-refractivity contribution in [1.82, 2.24) is 0 Å². The largest absolute Gasteiger partial charge is 0.525 e. The highest BCUT2D eigenvalue weighted by Crippen LogP contribution is 2.39. The fourth-order valence-electron chi connectivity index (χ4n) is 4.23. The van der Waals surface area contributed by atoms with E-state index in [0.717, 1.165) is 26.0 Å². The summed E-state index contributed by atoms with van der Waals surface area (Å²) in [7, 11) is -1.70. The molecule has 5 nitrogen and oxygen atoms in total. The number of hydrogen-bond acceptors (Lipinski definition) is 5. The van der Waals surface area contributed by atoms with Crippen LogP contribution in [0.15, 0.2) is 114 Å². The molecule has 0 unspecified atom stereocenters. The van der Waals surface area contributed by atoms with Crippen molar-refractivity contribution in [2.45, 2.75) is 0 Å². The monoisotopic (exact) mass is 684 g/mol. The van der Waals surface area contributed by atoms with Gasteiger partial charge in [0.15, 0.2) is 0 Å². The second-order valence-corrected chi connectivity index (χ2v) is 10.6. The lowest BCUT2D eigenvalue weighted by Gasteiger charge is -2.11. The molecule has 0 saturated heterocycles. The predicted octanol–water partition coefficient (Wildman–Crippen LogP) is 8.97. The van der Waals surface area contributed by atoms with Crippen LogP contribution in [0.25, 0.3) is 32.7 Å². The van der Waals surface area contributed by atoms with Crippen molar-refractivity contribution in [2.75, 3.05) is 0 Å². The maximum absolute atomic E-state index is 14.2. The molecule has 6 aromatic carbocycles. The van der Waals surface area contributed by atoms with Crippen LogP contribution in [-0.4, -0.2) is 27.6 Å². The molecule has 0 aliphatic carbocycles. The molecule has 6 rings (SSSR count). The molecule has 0 fully saturated rings. The van der Waals surface area contributed by atoms with Gasteiger partial charge in [-0.15, -0.1) is 0 Å². The van der Waals surface area contributed by atoms with Crippen molar-refractivity contribution >= 4 is 73.3 Å². The van der Waals surface area contributed by atoms with E-state index in [0.29, 0.717) is 11.1 Å². The van der Waals surface area contributed by atoms with E-state index in [-0.39, 0.29) is 27.0 Å². The van der Waals surface area contributed by atoms with E-state index in [9.17, 15) is 19.0 Å². The van der Waals surface area contributed by atoms with Gasteiger partial charge in [0.2, 0.25) is 0 Å². The van der Waals surface area contributed by atoms with Crippen LogP contribution in [0.2, 0.25) is 10.0 Å². The van der Waals surface area contributed by atoms with Gasteiger partial charge in [-0.25, -0.2) is 8.78 Å². The minimum absolute atomic E-state index is 0.0415. The molecular weight excluding hydrogens is 664 g/mol. The Kier molecular flexibility index (Phi) is 11.0. The lowest BCUT2D eigenvalue weighted by molar-refractivity contribution is -0.154. The van der Waals surface area contributed by atoms with Gasteiger partial charge < -0.3 is 15.2 Å². The third kappa shape index (κ3) is 7.45. The highest BCUT2D eigenvalue weighted by molar-refractivity contribution is 9.10. The maximum atomic E-state index is 14.2. The summed E-state index contributed by atoms with van der Waals surface area (Å²) in [4.78, 5) is 3.53. The molecule has 0 aliphatic rings. The zero-order chi connectivity index (χ0) is 31.1. The van der Waals surface area contributed by atoms with Gasteiger partial charge in [-0.3, -0.25) is 10.1 Å². The predicted molar refractivity (Wildman–Crippen MR) is 172 cm³/mol. The Morgan fingerprint density at radius 2 is 1.16 bits per heavy atom. The summed E-state index contributed by atoms with van der Waals surface area (Å²) in [5, 5.41) is 40.2. The zero-order valence-corrected chi connectivity index (χ0v) is 25.2. The van der Waals surface area contributed by atoms with E-state index in [1.807, 2.05) is 54.6 Å². The smallest absolute Gasteiger partial charge is 0.507 e. The van der Waals surface area contributed by atoms with E-state index >= 15 is 0 Å². The van der Waals surface area contributed by atoms with Gasteiger partial charge in [-0.05, 0) is 61.7 Å². The van der Waals surface area contributed by atoms with Crippen molar-refractivity contribution in [3.8, 4) is 22.6 Å². The minimum atomic E-state index is -1.70. The van der Waals surface area contributed by atoms with E-state index < -0.39 is 18.8 Å². The van der Waals surface area contributed by atoms with Crippen LogP contribution in [0.1, 0.15) is 0 Å². The number of phenolic OH excluding ortho intramolecular Hbond substituents is 2. The van der Waals surface area contributed by atoms with Crippen LogP contribution in [0.4, 0.5) is 8.78 Å². The maximum Gasteiger partial charge on any atom is 0.525 e. The second kappa shape index (κ2) is 14.7. The summed E-state index contributed by atoms with van der Waals surface area (Å²) in [5.74, 6) is -0.995. The van der Waals surface area contributed by atoms with Crippen molar-refractivity contribution in [2.24, 2.45) is 0 Å². The molecule has 0 aliphatic heterocycles. The van der Waals surface area contributed by atoms with Crippen molar-refractivity contribution in [1.29, 1.82) is 0 Å². The SMILES string of the molecule is OOB(O)c1cccc(Cl)c1F.Oc1ccc2ccccc2c1-c1cccc(Cl)c1F.Oc1ccc2ccccc2c1Br. The van der Waals surface area contributed by atoms with Gasteiger partial charge in [-0.1, -0.05) is 108 Å². The number of fused-ring (bicyclic) bond motifs is 2. The molecule has 0 bridgehead atoms. The fraction of sp³-hybridized carbons (Fsp3) is 0. The van der Waals surface area contributed by atoms with Gasteiger partial charge in [0, 0.05) is 16.6 Å². The third-order valence-corrected chi connectivity index (χ3v) is 7.74. The second-order valence-electron chi connectivity index (χ2n) is 9.00. The number of hydrogen-bond donors (Lipinski definition) is 4. The lowest BCUT2D eigenvalue weighted by atomic mass is 9.80. The summed E-state index contributed by atoms with van der Waals surface area (Å²) >= 11 is 14.5. The molecule has 0 atom stereocenters. The fourth-order valence-corrected chi connectivity index (χ4v) is 5.08. The first-order chi connectivity index (χ1) is 20.6. The molecule has 4 N–H and O–H groups in total. The van der Waals surface area contributed by atoms with Gasteiger partial charge in [0.05, 0.1) is 14.5 Å². The molecule has 6 aromatic rings. The van der Waals surface area contributed by atoms with E-state index in [4.69, 9.17) is 33.5 Å². The van der Waals surface area contributed by atoms with Crippen LogP contribution in [-0.2, 0) is 4.81 Å². The van der Waals surface area contributed by atoms with Crippen molar-refractivity contribution in [3.05, 3.63) is 135 Å². The summed E-state index contributed by atoms with van der Waals surface area (Å²) in [6.07, 6.45) is 0. The Labute approximate surface area is 264 Å². The van der Waals surface area contributed by atoms with Gasteiger partial charge in [0.25, 0.3) is 0 Å². The molecule has 0 spiro atoms. The average Bonchev–Trinajstić information content (AvgIpc) is 3.02. The van der Waals surface area contributed by atoms with Gasteiger partial charge in [0.1, 0.15) is 23.1 Å². The van der Waals surface area contributed by atoms with Gasteiger partial charge in [-0.2, -0.15) is 0 Å². The van der Waals surface area contributed by atoms with E-state index in [2.05, 4.69) is 20.7 Å². The third-order valence-electron chi connectivity index (χ3n) is 6.32. The quantitative estimate of drug-likeness (QED) is 0.0849. The number of benzene rings is 6. The summed E-state index contributed by atoms with van der Waals surface area (Å²) in [6, 6.07) is 31.2. The van der Waals surface area contributed by atoms with Crippen LogP contribution < -0.4 is 5.46 Å². The molecule has 11 heteroatoms. The normalized spacial score (nSPS) is 10.5. The van der Waals surface area contributed by atoms with Gasteiger partial charge >= 0.3 is 7.12 Å². The Morgan fingerprint density at radius 1 is 0.628 bits per heavy atom. The van der Waals surface area contributed by atoms with Crippen LogP contribution in [0.5, 0.6) is 11.5 Å². The Morgan fingerprint density at radius 3 is 1.81 bits per heavy atom. The molecule has 0 radical (unpaired) electrons. The number of aromatic hydroxyl groups is 2. The number of rotatable bonds is 3. The first kappa shape index (κ1) is 32.2. The Bertz CT molecular complexity index is 1890.